The number of rotatable bonds is 1. The minimum Gasteiger partial charge on any atom is -0.392 e. The van der Waals surface area contributed by atoms with Gasteiger partial charge >= 0.3 is 0 Å². The zero-order valence-corrected chi connectivity index (χ0v) is 9.11. The van der Waals surface area contributed by atoms with E-state index in [4.69, 9.17) is 0 Å². The molecule has 0 spiro atoms. The van der Waals surface area contributed by atoms with Gasteiger partial charge in [0, 0.05) is 5.92 Å². The van der Waals surface area contributed by atoms with Gasteiger partial charge in [-0.2, -0.15) is 0 Å². The number of hydrogen-bond donors (Lipinski definition) is 1. The van der Waals surface area contributed by atoms with Gasteiger partial charge in [-0.1, -0.05) is 38.5 Å². The van der Waals surface area contributed by atoms with E-state index in [9.17, 15) is 5.11 Å². The van der Waals surface area contributed by atoms with Gasteiger partial charge in [0.1, 0.15) is 0 Å². The summed E-state index contributed by atoms with van der Waals surface area (Å²) in [6.45, 7) is 4.50. The third-order valence-electron chi connectivity index (χ3n) is 3.84. The molecule has 0 aliphatic heterocycles. The van der Waals surface area contributed by atoms with Gasteiger partial charge in [-0.3, -0.25) is 0 Å². The number of hydrogen-bond acceptors (Lipinski definition) is 1. The Balaban J connectivity index is 2.31. The first kappa shape index (κ1) is 9.97. The lowest BCUT2D eigenvalue weighted by molar-refractivity contribution is 0.0652. The average molecular weight is 192 g/mol. The highest BCUT2D eigenvalue weighted by Gasteiger charge is 2.35. The van der Waals surface area contributed by atoms with Crippen LogP contribution in [0.25, 0.3) is 0 Å². The zero-order valence-electron chi connectivity index (χ0n) is 9.11. The van der Waals surface area contributed by atoms with Gasteiger partial charge in [0.25, 0.3) is 0 Å². The van der Waals surface area contributed by atoms with E-state index in [0.717, 1.165) is 12.8 Å². The Morgan fingerprint density at radius 1 is 1.50 bits per heavy atom. The van der Waals surface area contributed by atoms with Crippen molar-refractivity contribution in [3.63, 3.8) is 0 Å². The first-order valence-electron chi connectivity index (χ1n) is 5.80. The van der Waals surface area contributed by atoms with Gasteiger partial charge in [0.2, 0.25) is 0 Å². The van der Waals surface area contributed by atoms with Crippen LogP contribution in [0.15, 0.2) is 23.8 Å². The molecule has 0 saturated heterocycles. The Morgan fingerprint density at radius 3 is 3.00 bits per heavy atom. The van der Waals surface area contributed by atoms with Gasteiger partial charge in [-0.05, 0) is 30.3 Å². The molecule has 0 fully saturated rings. The summed E-state index contributed by atoms with van der Waals surface area (Å²) in [5.74, 6) is 1.67. The lowest BCUT2D eigenvalue weighted by atomic mass is 9.67. The van der Waals surface area contributed by atoms with Crippen molar-refractivity contribution in [3.8, 4) is 0 Å². The van der Waals surface area contributed by atoms with Gasteiger partial charge in [0.15, 0.2) is 0 Å². The molecule has 0 saturated carbocycles. The van der Waals surface area contributed by atoms with Crippen LogP contribution < -0.4 is 0 Å². The molecule has 4 atom stereocenters. The molecule has 2 aliphatic carbocycles. The maximum Gasteiger partial charge on any atom is 0.0614 e. The normalized spacial score (nSPS) is 41.8. The van der Waals surface area contributed by atoms with E-state index in [2.05, 4.69) is 32.1 Å². The van der Waals surface area contributed by atoms with Crippen molar-refractivity contribution >= 4 is 0 Å². The molecule has 14 heavy (non-hydrogen) atoms. The largest absolute Gasteiger partial charge is 0.392 e. The highest BCUT2D eigenvalue weighted by atomic mass is 16.3. The van der Waals surface area contributed by atoms with Crippen LogP contribution in [0.3, 0.4) is 0 Å². The van der Waals surface area contributed by atoms with Gasteiger partial charge in [0.05, 0.1) is 6.10 Å². The molecule has 2 aliphatic rings. The highest BCUT2D eigenvalue weighted by Crippen LogP contribution is 2.41. The summed E-state index contributed by atoms with van der Waals surface area (Å²) in [5, 5.41) is 10.0. The molecule has 1 nitrogen and oxygen atoms in total. The summed E-state index contributed by atoms with van der Waals surface area (Å²) in [6.07, 6.45) is 9.89. The molecule has 1 unspecified atom stereocenters. The summed E-state index contributed by atoms with van der Waals surface area (Å²) < 4.78 is 0. The van der Waals surface area contributed by atoms with Crippen LogP contribution >= 0.6 is 0 Å². The summed E-state index contributed by atoms with van der Waals surface area (Å²) in [7, 11) is 0. The molecule has 0 aromatic heterocycles. The van der Waals surface area contributed by atoms with Crippen LogP contribution in [0.5, 0.6) is 0 Å². The SMILES string of the molecule is CC[C@H]1C(C)C=CC2=CCC[C@H](O)[C@@H]21. The molecule has 1 N–H and O–H groups in total. The lowest BCUT2D eigenvalue weighted by Crippen LogP contribution is -2.36. The predicted molar refractivity (Wildman–Crippen MR) is 58.9 cm³/mol. The fraction of sp³-hybridized carbons (Fsp3) is 0.692. The first-order chi connectivity index (χ1) is 6.74. The van der Waals surface area contributed by atoms with Crippen LogP contribution in [-0.4, -0.2) is 11.2 Å². The predicted octanol–water partition coefficient (Wildman–Crippen LogP) is 2.92. The van der Waals surface area contributed by atoms with Crippen molar-refractivity contribution in [2.24, 2.45) is 17.8 Å². The zero-order chi connectivity index (χ0) is 10.1. The summed E-state index contributed by atoms with van der Waals surface area (Å²) in [4.78, 5) is 0. The molecule has 1 heteroatoms. The second-order valence-electron chi connectivity index (χ2n) is 4.66. The molecule has 0 radical (unpaired) electrons. The third kappa shape index (κ3) is 1.54. The molecule has 0 bridgehead atoms. The first-order valence-corrected chi connectivity index (χ1v) is 5.80. The second kappa shape index (κ2) is 3.90. The van der Waals surface area contributed by atoms with Gasteiger partial charge in [-0.15, -0.1) is 0 Å². The van der Waals surface area contributed by atoms with Crippen molar-refractivity contribution in [2.75, 3.05) is 0 Å². The smallest absolute Gasteiger partial charge is 0.0614 e. The number of allylic oxidation sites excluding steroid dienone is 3. The molecule has 0 aromatic rings. The Labute approximate surface area is 86.5 Å². The summed E-state index contributed by atoms with van der Waals surface area (Å²) in [6, 6.07) is 0. The van der Waals surface area contributed by atoms with Crippen LogP contribution in [0.2, 0.25) is 0 Å². The maximum atomic E-state index is 10.0. The topological polar surface area (TPSA) is 20.2 Å². The van der Waals surface area contributed by atoms with E-state index in [1.165, 1.54) is 12.0 Å². The van der Waals surface area contributed by atoms with Crippen LogP contribution in [-0.2, 0) is 0 Å². The molecule has 78 valence electrons. The van der Waals surface area contributed by atoms with Crippen molar-refractivity contribution < 1.29 is 5.11 Å². The van der Waals surface area contributed by atoms with E-state index in [1.807, 2.05) is 0 Å². The molecule has 0 aromatic carbocycles. The van der Waals surface area contributed by atoms with Crippen molar-refractivity contribution in [2.45, 2.75) is 39.2 Å². The number of aliphatic hydroxyl groups excluding tert-OH is 1. The Kier molecular flexibility index (Phi) is 2.78. The molecular formula is C13H20O. The second-order valence-corrected chi connectivity index (χ2v) is 4.66. The van der Waals surface area contributed by atoms with E-state index >= 15 is 0 Å². The lowest BCUT2D eigenvalue weighted by Gasteiger charge is -2.39. The average Bonchev–Trinajstić information content (AvgIpc) is 2.19. The van der Waals surface area contributed by atoms with E-state index < -0.39 is 0 Å². The number of aliphatic hydroxyl groups is 1. The Bertz CT molecular complexity index is 264. The standard InChI is InChI=1S/C13H20O/c1-3-11-9(2)7-8-10-5-4-6-12(14)13(10)11/h5,7-9,11-14H,3-4,6H2,1-2H3/t9?,11-,12-,13-/m0/s1. The highest BCUT2D eigenvalue weighted by molar-refractivity contribution is 5.30. The minimum atomic E-state index is -0.104. The fourth-order valence-electron chi connectivity index (χ4n) is 3.03. The Hall–Kier alpha value is -0.560. The molecule has 0 heterocycles. The summed E-state index contributed by atoms with van der Waals surface area (Å²) in [5.41, 5.74) is 1.38. The fourth-order valence-corrected chi connectivity index (χ4v) is 3.03. The quantitative estimate of drug-likeness (QED) is 0.677. The monoisotopic (exact) mass is 192 g/mol. The van der Waals surface area contributed by atoms with Crippen LogP contribution in [0, 0.1) is 17.8 Å². The molecular weight excluding hydrogens is 172 g/mol. The van der Waals surface area contributed by atoms with Gasteiger partial charge in [-0.25, -0.2) is 0 Å². The van der Waals surface area contributed by atoms with Crippen molar-refractivity contribution in [1.29, 1.82) is 0 Å². The number of fused-ring (bicyclic) bond motifs is 1. The Morgan fingerprint density at radius 2 is 2.29 bits per heavy atom. The van der Waals surface area contributed by atoms with Crippen LogP contribution in [0.1, 0.15) is 33.1 Å². The third-order valence-corrected chi connectivity index (χ3v) is 3.84. The van der Waals surface area contributed by atoms with Gasteiger partial charge < -0.3 is 5.11 Å². The summed E-state index contributed by atoms with van der Waals surface area (Å²) >= 11 is 0. The van der Waals surface area contributed by atoms with Crippen molar-refractivity contribution in [1.82, 2.24) is 0 Å². The van der Waals surface area contributed by atoms with E-state index in [-0.39, 0.29) is 6.10 Å². The maximum absolute atomic E-state index is 10.0. The van der Waals surface area contributed by atoms with E-state index in [1.54, 1.807) is 0 Å². The molecule has 0 amide bonds. The van der Waals surface area contributed by atoms with Crippen molar-refractivity contribution in [3.05, 3.63) is 23.8 Å². The molecule has 2 rings (SSSR count). The van der Waals surface area contributed by atoms with Crippen LogP contribution in [0.4, 0.5) is 0 Å². The minimum absolute atomic E-state index is 0.104. The van der Waals surface area contributed by atoms with E-state index in [0.29, 0.717) is 17.8 Å².